The van der Waals surface area contributed by atoms with E-state index in [0.717, 1.165) is 109 Å². The Morgan fingerprint density at radius 1 is 0.532 bits per heavy atom. The van der Waals surface area contributed by atoms with Gasteiger partial charge in [-0.25, -0.2) is 4.79 Å². The maximum Gasteiger partial charge on any atom is 0.490 e. The largest absolute Gasteiger partial charge is 0.490 e. The molecule has 1 unspecified atom stereocenters. The molecule has 0 aliphatic carbocycles. The quantitative estimate of drug-likeness (QED) is 0.0403. The van der Waals surface area contributed by atoms with Gasteiger partial charge in [-0.3, -0.25) is 9.59 Å². The van der Waals surface area contributed by atoms with E-state index in [1.807, 2.05) is 0 Å². The molecule has 12 heteroatoms. The van der Waals surface area contributed by atoms with E-state index in [0.29, 0.717) is 32.5 Å². The van der Waals surface area contributed by atoms with Crippen LogP contribution in [0.1, 0.15) is 252 Å². The number of halogens is 3. The van der Waals surface area contributed by atoms with E-state index in [-0.39, 0.29) is 24.1 Å². The predicted octanol–water partition coefficient (Wildman–Crippen LogP) is 13.8. The molecule has 0 saturated carbocycles. The van der Waals surface area contributed by atoms with Gasteiger partial charge >= 0.3 is 24.1 Å². The van der Waals surface area contributed by atoms with Gasteiger partial charge in [-0.2, -0.15) is 13.2 Å². The maximum atomic E-state index is 12.8. The third kappa shape index (κ3) is 47.6. The monoisotopic (exact) mass is 895 g/mol. The number of aliphatic carboxylic acids is 1. The van der Waals surface area contributed by atoms with Gasteiger partial charge in [0.2, 0.25) is 0 Å². The van der Waals surface area contributed by atoms with Gasteiger partial charge in [-0.1, -0.05) is 162 Å². The number of esters is 2. The van der Waals surface area contributed by atoms with Gasteiger partial charge in [-0.15, -0.1) is 0 Å². The van der Waals surface area contributed by atoms with Crippen molar-refractivity contribution in [3.05, 3.63) is 0 Å². The molecule has 0 heterocycles. The fraction of sp³-hybridized carbons (Fsp3) is 0.940. The zero-order chi connectivity index (χ0) is 46.4. The van der Waals surface area contributed by atoms with E-state index < -0.39 is 12.1 Å². The molecule has 1 atom stereocenters. The lowest BCUT2D eigenvalue weighted by Gasteiger charge is -2.25. The van der Waals surface area contributed by atoms with E-state index >= 15 is 0 Å². The number of alkyl halides is 3. The van der Waals surface area contributed by atoms with Gasteiger partial charge in [0.15, 0.2) is 0 Å². The smallest absolute Gasteiger partial charge is 0.475 e. The van der Waals surface area contributed by atoms with Gasteiger partial charge in [-0.05, 0) is 96.7 Å². The van der Waals surface area contributed by atoms with Crippen LogP contribution in [0.15, 0.2) is 0 Å². The minimum absolute atomic E-state index is 0.00355. The van der Waals surface area contributed by atoms with Crippen LogP contribution in [0.25, 0.3) is 0 Å². The summed E-state index contributed by atoms with van der Waals surface area (Å²) in [7, 11) is 0. The SMILES string of the molecule is CCCCCCCCCCCOC(=O)CCCCCN(CCCCCCCC(=O)OC(CCCCCCCC)CCCCCCCC)CC(O)CCCCN.O=C(O)C(F)(F)F. The highest BCUT2D eigenvalue weighted by atomic mass is 19.4. The molecule has 0 aliphatic rings. The first-order valence-corrected chi connectivity index (χ1v) is 25.7. The van der Waals surface area contributed by atoms with Crippen molar-refractivity contribution in [3.63, 3.8) is 0 Å². The van der Waals surface area contributed by atoms with Gasteiger partial charge in [0.25, 0.3) is 0 Å². The second-order valence-electron chi connectivity index (χ2n) is 17.6. The lowest BCUT2D eigenvalue weighted by atomic mass is 10.0. The van der Waals surface area contributed by atoms with Gasteiger partial charge in [0.05, 0.1) is 12.7 Å². The number of nitrogens with zero attached hydrogens (tertiary/aromatic N) is 1. The zero-order valence-corrected chi connectivity index (χ0v) is 40.2. The number of aliphatic hydroxyl groups excluding tert-OH is 1. The number of carbonyl (C=O) groups is 3. The third-order valence-electron chi connectivity index (χ3n) is 11.5. The standard InChI is InChI=1S/C48H96N2O5.C2HF3O2/c1-4-7-10-13-16-17-18-24-34-43-54-47(52)38-29-25-33-42-50(44-45(51)35-30-31-40-49)41-32-23-19-22-28-39-48(53)55-46(36-26-20-14-11-8-5-2)37-27-21-15-12-9-6-3;3-2(4,5)1(6)7/h45-46,51H,4-44,49H2,1-3H3;(H,6,7). The molecule has 9 nitrogen and oxygen atoms in total. The van der Waals surface area contributed by atoms with Gasteiger partial charge in [0, 0.05) is 19.4 Å². The van der Waals surface area contributed by atoms with Crippen LogP contribution in [0.2, 0.25) is 0 Å². The summed E-state index contributed by atoms with van der Waals surface area (Å²) in [6.45, 7) is 10.7. The third-order valence-corrected chi connectivity index (χ3v) is 11.5. The minimum Gasteiger partial charge on any atom is -0.475 e. The van der Waals surface area contributed by atoms with Gasteiger partial charge in [0.1, 0.15) is 6.10 Å². The summed E-state index contributed by atoms with van der Waals surface area (Å²) in [4.78, 5) is 36.3. The van der Waals surface area contributed by atoms with Crippen LogP contribution < -0.4 is 5.73 Å². The Morgan fingerprint density at radius 2 is 0.903 bits per heavy atom. The molecule has 62 heavy (non-hydrogen) atoms. The molecule has 0 saturated heterocycles. The molecule has 370 valence electrons. The predicted molar refractivity (Wildman–Crippen MR) is 249 cm³/mol. The lowest BCUT2D eigenvalue weighted by molar-refractivity contribution is -0.192. The fourth-order valence-corrected chi connectivity index (χ4v) is 7.61. The number of aliphatic hydroxyl groups is 1. The molecule has 0 aromatic carbocycles. The van der Waals surface area contributed by atoms with Gasteiger partial charge < -0.3 is 30.3 Å². The Hall–Kier alpha value is -1.92. The van der Waals surface area contributed by atoms with Crippen LogP contribution in [0.3, 0.4) is 0 Å². The number of carboxylic acids is 1. The first-order chi connectivity index (χ1) is 29.9. The second kappa shape index (κ2) is 47.1. The van der Waals surface area contributed by atoms with Crippen LogP contribution >= 0.6 is 0 Å². The number of ether oxygens (including phenoxy) is 2. The number of hydrogen-bond acceptors (Lipinski definition) is 8. The first-order valence-electron chi connectivity index (χ1n) is 25.7. The lowest BCUT2D eigenvalue weighted by Crippen LogP contribution is -2.34. The molecule has 4 N–H and O–H groups in total. The van der Waals surface area contributed by atoms with Crippen molar-refractivity contribution in [1.29, 1.82) is 0 Å². The summed E-state index contributed by atoms with van der Waals surface area (Å²) in [5.41, 5.74) is 5.67. The summed E-state index contributed by atoms with van der Waals surface area (Å²) in [5, 5.41) is 17.8. The molecule has 0 aliphatic heterocycles. The molecule has 0 fully saturated rings. The number of unbranched alkanes of at least 4 members (excludes halogenated alkanes) is 25. The topological polar surface area (TPSA) is 139 Å². The van der Waals surface area contributed by atoms with Crippen molar-refractivity contribution in [1.82, 2.24) is 4.90 Å². The Balaban J connectivity index is 0. The molecule has 0 radical (unpaired) electrons. The summed E-state index contributed by atoms with van der Waals surface area (Å²) in [6, 6.07) is 0. The van der Waals surface area contributed by atoms with E-state index in [9.17, 15) is 27.9 Å². The summed E-state index contributed by atoms with van der Waals surface area (Å²) >= 11 is 0. The van der Waals surface area contributed by atoms with Crippen LogP contribution in [-0.2, 0) is 23.9 Å². The molecular weight excluding hydrogens is 798 g/mol. The highest BCUT2D eigenvalue weighted by molar-refractivity contribution is 5.73. The average molecular weight is 895 g/mol. The van der Waals surface area contributed by atoms with Crippen LogP contribution in [0.5, 0.6) is 0 Å². The Morgan fingerprint density at radius 3 is 1.35 bits per heavy atom. The van der Waals surface area contributed by atoms with E-state index in [2.05, 4.69) is 25.7 Å². The minimum atomic E-state index is -5.08. The number of rotatable bonds is 45. The molecule has 0 amide bonds. The number of nitrogens with two attached hydrogens (primary N) is 1. The van der Waals surface area contributed by atoms with E-state index in [1.54, 1.807) is 0 Å². The van der Waals surface area contributed by atoms with Crippen molar-refractivity contribution in [2.75, 3.05) is 32.8 Å². The average Bonchev–Trinajstić information content (AvgIpc) is 3.23. The van der Waals surface area contributed by atoms with Crippen molar-refractivity contribution in [2.45, 2.75) is 270 Å². The summed E-state index contributed by atoms with van der Waals surface area (Å²) in [5.74, 6) is -2.81. The number of carbonyl (C=O) groups excluding carboxylic acids is 2. The van der Waals surface area contributed by atoms with Crippen LogP contribution in [0, 0.1) is 0 Å². The molecule has 0 spiro atoms. The van der Waals surface area contributed by atoms with Crippen molar-refractivity contribution >= 4 is 17.9 Å². The number of carboxylic acid groups (broad SMARTS) is 1. The normalized spacial score (nSPS) is 12.1. The Bertz CT molecular complexity index is 973. The van der Waals surface area contributed by atoms with Crippen LogP contribution in [0.4, 0.5) is 13.2 Å². The van der Waals surface area contributed by atoms with Crippen LogP contribution in [-0.4, -0.2) is 84.2 Å². The molecular formula is C50H97F3N2O7. The van der Waals surface area contributed by atoms with Crippen molar-refractivity contribution in [3.8, 4) is 0 Å². The summed E-state index contributed by atoms with van der Waals surface area (Å²) in [6.07, 6.45) is 35.5. The van der Waals surface area contributed by atoms with E-state index in [1.165, 1.54) is 122 Å². The zero-order valence-electron chi connectivity index (χ0n) is 40.2. The second-order valence-corrected chi connectivity index (χ2v) is 17.6. The van der Waals surface area contributed by atoms with E-state index in [4.69, 9.17) is 25.1 Å². The Kier molecular flexibility index (Phi) is 47.2. The number of hydrogen-bond donors (Lipinski definition) is 3. The first kappa shape index (κ1) is 62.2. The van der Waals surface area contributed by atoms with Crippen molar-refractivity contribution in [2.24, 2.45) is 5.73 Å². The molecule has 0 rings (SSSR count). The molecule has 0 aromatic heterocycles. The Labute approximate surface area is 378 Å². The summed E-state index contributed by atoms with van der Waals surface area (Å²) < 4.78 is 43.3. The maximum absolute atomic E-state index is 12.8. The van der Waals surface area contributed by atoms with Crippen molar-refractivity contribution < 1.29 is 47.2 Å². The molecule has 0 aromatic rings. The fourth-order valence-electron chi connectivity index (χ4n) is 7.61. The molecule has 0 bridgehead atoms. The highest BCUT2D eigenvalue weighted by Gasteiger charge is 2.38. The highest BCUT2D eigenvalue weighted by Crippen LogP contribution is 2.19.